The van der Waals surface area contributed by atoms with E-state index in [-0.39, 0.29) is 6.42 Å². The fourth-order valence-electron chi connectivity index (χ4n) is 3.37. The van der Waals surface area contributed by atoms with E-state index < -0.39 is 17.9 Å². The van der Waals surface area contributed by atoms with E-state index in [9.17, 15) is 9.59 Å². The molecule has 0 heterocycles. The number of esters is 2. The summed E-state index contributed by atoms with van der Waals surface area (Å²) < 4.78 is 22.2. The zero-order valence-corrected chi connectivity index (χ0v) is 21.4. The Morgan fingerprint density at radius 1 is 0.629 bits per heavy atom. The molecule has 2 rings (SSSR count). The Hall–Kier alpha value is -3.02. The van der Waals surface area contributed by atoms with E-state index in [2.05, 4.69) is 13.8 Å². The van der Waals surface area contributed by atoms with E-state index in [0.29, 0.717) is 24.7 Å². The Morgan fingerprint density at radius 3 is 1.51 bits per heavy atom. The molecule has 0 spiro atoms. The van der Waals surface area contributed by atoms with Gasteiger partial charge >= 0.3 is 11.9 Å². The maximum atomic E-state index is 12.4. The lowest BCUT2D eigenvalue weighted by atomic mass is 10.1. The molecule has 0 radical (unpaired) electrons. The van der Waals surface area contributed by atoms with Gasteiger partial charge in [-0.2, -0.15) is 0 Å². The number of carbonyl (C=O) groups excluding carboxylic acids is 2. The minimum Gasteiger partial charge on any atom is -0.494 e. The molecule has 6 nitrogen and oxygen atoms in total. The highest BCUT2D eigenvalue weighted by Crippen LogP contribution is 2.21. The number of hydrogen-bond acceptors (Lipinski definition) is 6. The van der Waals surface area contributed by atoms with E-state index in [4.69, 9.17) is 18.9 Å². The molecule has 0 saturated carbocycles. The average molecular weight is 485 g/mol. The van der Waals surface area contributed by atoms with Crippen LogP contribution < -0.4 is 18.9 Å². The van der Waals surface area contributed by atoms with Gasteiger partial charge in [-0.25, -0.2) is 0 Å². The number of hydrogen-bond donors (Lipinski definition) is 0. The molecular formula is C29H40O6. The first kappa shape index (κ1) is 28.2. The van der Waals surface area contributed by atoms with Crippen LogP contribution in [0.25, 0.3) is 0 Å². The van der Waals surface area contributed by atoms with Gasteiger partial charge in [0.25, 0.3) is 0 Å². The fourth-order valence-corrected chi connectivity index (χ4v) is 3.37. The zero-order chi connectivity index (χ0) is 25.3. The third-order valence-corrected chi connectivity index (χ3v) is 5.51. The van der Waals surface area contributed by atoms with Crippen LogP contribution in [-0.4, -0.2) is 25.2 Å². The first-order valence-corrected chi connectivity index (χ1v) is 12.9. The molecule has 0 aliphatic rings. The van der Waals surface area contributed by atoms with Crippen LogP contribution >= 0.6 is 0 Å². The lowest BCUT2D eigenvalue weighted by Crippen LogP contribution is -2.22. The monoisotopic (exact) mass is 484 g/mol. The number of benzene rings is 2. The van der Waals surface area contributed by atoms with E-state index in [0.717, 1.165) is 37.2 Å². The van der Waals surface area contributed by atoms with Crippen molar-refractivity contribution in [1.29, 1.82) is 0 Å². The summed E-state index contributed by atoms with van der Waals surface area (Å²) in [7, 11) is 0. The quantitative estimate of drug-likeness (QED) is 0.135. The van der Waals surface area contributed by atoms with Crippen molar-refractivity contribution in [2.45, 2.75) is 78.6 Å². The summed E-state index contributed by atoms with van der Waals surface area (Å²) in [4.78, 5) is 24.7. The van der Waals surface area contributed by atoms with Crippen LogP contribution in [0.1, 0.15) is 78.6 Å². The molecule has 1 atom stereocenters. The van der Waals surface area contributed by atoms with Gasteiger partial charge in [0.2, 0.25) is 0 Å². The van der Waals surface area contributed by atoms with Crippen molar-refractivity contribution < 1.29 is 28.5 Å². The molecule has 0 aliphatic carbocycles. The van der Waals surface area contributed by atoms with Gasteiger partial charge in [0.05, 0.1) is 25.6 Å². The van der Waals surface area contributed by atoms with Gasteiger partial charge in [-0.15, -0.1) is 0 Å². The first-order valence-electron chi connectivity index (χ1n) is 12.9. The normalized spacial score (nSPS) is 11.5. The predicted molar refractivity (Wildman–Crippen MR) is 137 cm³/mol. The van der Waals surface area contributed by atoms with Crippen molar-refractivity contribution >= 4 is 11.9 Å². The maximum Gasteiger partial charge on any atom is 0.314 e. The molecule has 192 valence electrons. The van der Waals surface area contributed by atoms with Crippen LogP contribution in [0.3, 0.4) is 0 Å². The minimum absolute atomic E-state index is 0.0759. The van der Waals surface area contributed by atoms with Crippen LogP contribution in [0.15, 0.2) is 48.5 Å². The predicted octanol–water partition coefficient (Wildman–Crippen LogP) is 7.14. The number of ether oxygens (including phenoxy) is 4. The van der Waals surface area contributed by atoms with Gasteiger partial charge in [0, 0.05) is 0 Å². The summed E-state index contributed by atoms with van der Waals surface area (Å²) in [5.74, 6) is 0.703. The molecule has 1 unspecified atom stereocenters. The number of carbonyl (C=O) groups is 2. The third kappa shape index (κ3) is 11.8. The van der Waals surface area contributed by atoms with Gasteiger partial charge < -0.3 is 18.9 Å². The highest BCUT2D eigenvalue weighted by atomic mass is 16.5. The van der Waals surface area contributed by atoms with Crippen molar-refractivity contribution in [2.24, 2.45) is 5.92 Å². The highest BCUT2D eigenvalue weighted by molar-refractivity contribution is 5.82. The zero-order valence-electron chi connectivity index (χ0n) is 21.4. The van der Waals surface area contributed by atoms with E-state index in [1.54, 1.807) is 55.5 Å². The Bertz CT molecular complexity index is 860. The second kappa shape index (κ2) is 16.6. The lowest BCUT2D eigenvalue weighted by Gasteiger charge is -2.12. The molecule has 2 aromatic carbocycles. The van der Waals surface area contributed by atoms with Gasteiger partial charge in [-0.05, 0) is 61.4 Å². The van der Waals surface area contributed by atoms with Gasteiger partial charge in [-0.3, -0.25) is 9.59 Å². The summed E-state index contributed by atoms with van der Waals surface area (Å²) in [5, 5.41) is 0. The molecule has 6 heteroatoms. The summed E-state index contributed by atoms with van der Waals surface area (Å²) in [6.45, 7) is 7.35. The molecule has 0 fully saturated rings. The Balaban J connectivity index is 1.70. The maximum absolute atomic E-state index is 12.4. The topological polar surface area (TPSA) is 71.1 Å². The van der Waals surface area contributed by atoms with Crippen molar-refractivity contribution in [2.75, 3.05) is 13.2 Å². The van der Waals surface area contributed by atoms with E-state index in [1.807, 2.05) is 0 Å². The number of unbranched alkanes of at least 4 members (excludes halogenated alkanes) is 6. The van der Waals surface area contributed by atoms with Gasteiger partial charge in [0.1, 0.15) is 23.0 Å². The molecule has 35 heavy (non-hydrogen) atoms. The van der Waals surface area contributed by atoms with Crippen molar-refractivity contribution in [1.82, 2.24) is 0 Å². The van der Waals surface area contributed by atoms with Crippen LogP contribution in [-0.2, 0) is 9.59 Å². The van der Waals surface area contributed by atoms with E-state index >= 15 is 0 Å². The molecule has 0 N–H and O–H groups in total. The Labute approximate surface area is 209 Å². The highest BCUT2D eigenvalue weighted by Gasteiger charge is 2.20. The summed E-state index contributed by atoms with van der Waals surface area (Å²) >= 11 is 0. The summed E-state index contributed by atoms with van der Waals surface area (Å²) in [5.41, 5.74) is 0. The van der Waals surface area contributed by atoms with Gasteiger partial charge in [0.15, 0.2) is 0 Å². The minimum atomic E-state index is -0.636. The molecule has 0 saturated heterocycles. The Morgan fingerprint density at radius 2 is 1.06 bits per heavy atom. The SMILES string of the molecule is CCCCCCOc1ccc(OC(=O)CC(C)C(=O)Oc2ccc(OCCCCCC)cc2)cc1. The van der Waals surface area contributed by atoms with Crippen molar-refractivity contribution in [3.05, 3.63) is 48.5 Å². The number of rotatable bonds is 17. The smallest absolute Gasteiger partial charge is 0.314 e. The van der Waals surface area contributed by atoms with Crippen LogP contribution in [0.2, 0.25) is 0 Å². The molecule has 0 aromatic heterocycles. The second-order valence-corrected chi connectivity index (χ2v) is 8.76. The lowest BCUT2D eigenvalue weighted by molar-refractivity contribution is -0.144. The van der Waals surface area contributed by atoms with Crippen LogP contribution in [0.5, 0.6) is 23.0 Å². The molecule has 0 amide bonds. The molecule has 2 aromatic rings. The van der Waals surface area contributed by atoms with Crippen LogP contribution in [0, 0.1) is 5.92 Å². The average Bonchev–Trinajstić information content (AvgIpc) is 2.85. The molecule has 0 aliphatic heterocycles. The van der Waals surface area contributed by atoms with E-state index in [1.165, 1.54) is 25.7 Å². The summed E-state index contributed by atoms with van der Waals surface area (Å²) in [6, 6.07) is 13.9. The van der Waals surface area contributed by atoms with Crippen molar-refractivity contribution in [3.63, 3.8) is 0 Å². The molecular weight excluding hydrogens is 444 g/mol. The summed E-state index contributed by atoms with van der Waals surface area (Å²) in [6.07, 6.45) is 9.10. The van der Waals surface area contributed by atoms with Crippen LogP contribution in [0.4, 0.5) is 0 Å². The molecule has 0 bridgehead atoms. The van der Waals surface area contributed by atoms with Gasteiger partial charge in [-0.1, -0.05) is 59.3 Å². The standard InChI is InChI=1S/C29H40O6/c1-4-6-8-10-20-32-24-12-16-26(17-13-24)34-28(30)22-23(3)29(31)35-27-18-14-25(15-19-27)33-21-11-9-7-5-2/h12-19,23H,4-11,20-22H2,1-3H3. The third-order valence-electron chi connectivity index (χ3n) is 5.51. The second-order valence-electron chi connectivity index (χ2n) is 8.76. The van der Waals surface area contributed by atoms with Crippen molar-refractivity contribution in [3.8, 4) is 23.0 Å². The first-order chi connectivity index (χ1) is 17.0. The largest absolute Gasteiger partial charge is 0.494 e. The fraction of sp³-hybridized carbons (Fsp3) is 0.517. The Kier molecular flexibility index (Phi) is 13.4.